The van der Waals surface area contributed by atoms with Gasteiger partial charge in [-0.2, -0.15) is 0 Å². The molecular weight excluding hydrogens is 386 g/mol. The average Bonchev–Trinajstić information content (AvgIpc) is 2.77. The number of benzene rings is 2. The van der Waals surface area contributed by atoms with E-state index in [-0.39, 0.29) is 0 Å². The fraction of sp³-hybridized carbons (Fsp3) is 0.0952. The zero-order valence-electron chi connectivity index (χ0n) is 15.9. The highest BCUT2D eigenvalue weighted by atomic mass is 32.2. The first kappa shape index (κ1) is 18.8. The summed E-state index contributed by atoms with van der Waals surface area (Å²) in [5.41, 5.74) is 8.45. The highest BCUT2D eigenvalue weighted by molar-refractivity contribution is 7.99. The van der Waals surface area contributed by atoms with Crippen LogP contribution in [0.25, 0.3) is 10.9 Å². The summed E-state index contributed by atoms with van der Waals surface area (Å²) < 4.78 is 10.7. The standard InChI is InChI=1S/C21H19N5O2S/c1-27-14-8-9-15(16(11-14)28-2)26-20-18(22)21(25-12-24-20)29-17-7-3-5-13-6-4-10-23-19(13)17/h3-12H,22H2,1-2H3,(H,24,25,26). The number of nitrogens with two attached hydrogens (primary N) is 1. The van der Waals surface area contributed by atoms with Crippen LogP contribution in [0.5, 0.6) is 11.5 Å². The minimum atomic E-state index is 0.448. The summed E-state index contributed by atoms with van der Waals surface area (Å²) in [6.45, 7) is 0. The second-order valence-corrected chi connectivity index (χ2v) is 7.10. The van der Waals surface area contributed by atoms with Crippen LogP contribution in [0.15, 0.2) is 71.0 Å². The molecule has 0 saturated heterocycles. The molecule has 0 aliphatic carbocycles. The van der Waals surface area contributed by atoms with Crippen molar-refractivity contribution in [2.75, 3.05) is 25.3 Å². The normalized spacial score (nSPS) is 10.7. The number of hydrogen-bond acceptors (Lipinski definition) is 8. The van der Waals surface area contributed by atoms with Gasteiger partial charge >= 0.3 is 0 Å². The maximum absolute atomic E-state index is 6.38. The molecule has 0 atom stereocenters. The molecule has 29 heavy (non-hydrogen) atoms. The Bertz CT molecular complexity index is 1160. The number of pyridine rings is 1. The zero-order chi connectivity index (χ0) is 20.2. The van der Waals surface area contributed by atoms with Gasteiger partial charge in [-0.05, 0) is 24.3 Å². The SMILES string of the molecule is COc1ccc(Nc2ncnc(Sc3cccc4cccnc34)c2N)c(OC)c1. The second-order valence-electron chi connectivity index (χ2n) is 6.07. The van der Waals surface area contributed by atoms with E-state index in [1.807, 2.05) is 42.5 Å². The fourth-order valence-corrected chi connectivity index (χ4v) is 3.78. The van der Waals surface area contributed by atoms with E-state index in [0.29, 0.717) is 28.0 Å². The van der Waals surface area contributed by atoms with Crippen molar-refractivity contribution in [1.82, 2.24) is 15.0 Å². The zero-order valence-corrected chi connectivity index (χ0v) is 16.7. The van der Waals surface area contributed by atoms with Crippen molar-refractivity contribution in [3.05, 3.63) is 61.1 Å². The Hall–Kier alpha value is -3.52. The number of nitrogen functional groups attached to an aromatic ring is 1. The molecule has 0 fully saturated rings. The van der Waals surface area contributed by atoms with Crippen LogP contribution in [-0.2, 0) is 0 Å². The minimum absolute atomic E-state index is 0.448. The van der Waals surface area contributed by atoms with Crippen molar-refractivity contribution in [3.8, 4) is 11.5 Å². The minimum Gasteiger partial charge on any atom is -0.497 e. The summed E-state index contributed by atoms with van der Waals surface area (Å²) in [6.07, 6.45) is 3.26. The average molecular weight is 405 g/mol. The molecule has 8 heteroatoms. The fourth-order valence-electron chi connectivity index (χ4n) is 2.85. The molecule has 4 aromatic rings. The van der Waals surface area contributed by atoms with E-state index >= 15 is 0 Å². The van der Waals surface area contributed by atoms with Gasteiger partial charge in [-0.3, -0.25) is 4.98 Å². The number of hydrogen-bond donors (Lipinski definition) is 2. The van der Waals surface area contributed by atoms with Gasteiger partial charge in [-0.1, -0.05) is 30.0 Å². The topological polar surface area (TPSA) is 95.2 Å². The summed E-state index contributed by atoms with van der Waals surface area (Å²) in [4.78, 5) is 14.1. The third-order valence-corrected chi connectivity index (χ3v) is 5.38. The molecule has 0 saturated carbocycles. The molecule has 2 aromatic heterocycles. The molecule has 0 aliphatic rings. The molecule has 0 aliphatic heterocycles. The number of nitrogens with zero attached hydrogens (tertiary/aromatic N) is 3. The summed E-state index contributed by atoms with van der Waals surface area (Å²) in [7, 11) is 3.20. The molecule has 0 spiro atoms. The lowest BCUT2D eigenvalue weighted by molar-refractivity contribution is 0.395. The largest absolute Gasteiger partial charge is 0.497 e. The van der Waals surface area contributed by atoms with Crippen LogP contribution in [0.2, 0.25) is 0 Å². The van der Waals surface area contributed by atoms with Crippen molar-refractivity contribution < 1.29 is 9.47 Å². The number of methoxy groups -OCH3 is 2. The summed E-state index contributed by atoms with van der Waals surface area (Å²) in [5, 5.41) is 4.93. The van der Waals surface area contributed by atoms with E-state index < -0.39 is 0 Å². The summed E-state index contributed by atoms with van der Waals surface area (Å²) in [5.74, 6) is 1.82. The van der Waals surface area contributed by atoms with Crippen molar-refractivity contribution in [2.45, 2.75) is 9.92 Å². The van der Waals surface area contributed by atoms with Crippen LogP contribution >= 0.6 is 11.8 Å². The van der Waals surface area contributed by atoms with Crippen molar-refractivity contribution >= 4 is 39.9 Å². The van der Waals surface area contributed by atoms with Crippen LogP contribution in [0.1, 0.15) is 0 Å². The third-order valence-electron chi connectivity index (χ3n) is 4.31. The lowest BCUT2D eigenvalue weighted by Crippen LogP contribution is -2.03. The van der Waals surface area contributed by atoms with Crippen molar-refractivity contribution in [2.24, 2.45) is 0 Å². The number of aromatic nitrogens is 3. The molecule has 0 unspecified atom stereocenters. The van der Waals surface area contributed by atoms with Gasteiger partial charge < -0.3 is 20.5 Å². The number of fused-ring (bicyclic) bond motifs is 1. The van der Waals surface area contributed by atoms with Gasteiger partial charge in [0.1, 0.15) is 28.5 Å². The van der Waals surface area contributed by atoms with Crippen LogP contribution in [0.4, 0.5) is 17.2 Å². The number of anilines is 3. The Labute approximate surface area is 172 Å². The van der Waals surface area contributed by atoms with Gasteiger partial charge in [-0.25, -0.2) is 9.97 Å². The van der Waals surface area contributed by atoms with E-state index in [0.717, 1.165) is 21.5 Å². The lowest BCUT2D eigenvalue weighted by Gasteiger charge is -2.14. The monoisotopic (exact) mass is 405 g/mol. The molecule has 146 valence electrons. The van der Waals surface area contributed by atoms with Gasteiger partial charge in [0.15, 0.2) is 5.82 Å². The van der Waals surface area contributed by atoms with Gasteiger partial charge in [-0.15, -0.1) is 0 Å². The van der Waals surface area contributed by atoms with Gasteiger partial charge in [0.05, 0.1) is 25.4 Å². The molecule has 0 amide bonds. The van der Waals surface area contributed by atoms with E-state index in [4.69, 9.17) is 15.2 Å². The molecule has 0 radical (unpaired) electrons. The van der Waals surface area contributed by atoms with E-state index in [9.17, 15) is 0 Å². The molecule has 2 heterocycles. The van der Waals surface area contributed by atoms with Gasteiger partial charge in [0, 0.05) is 22.5 Å². The van der Waals surface area contributed by atoms with Crippen LogP contribution < -0.4 is 20.5 Å². The number of para-hydroxylation sites is 1. The molecule has 2 aromatic carbocycles. The van der Waals surface area contributed by atoms with Crippen molar-refractivity contribution in [1.29, 1.82) is 0 Å². The molecule has 0 bridgehead atoms. The molecule has 7 nitrogen and oxygen atoms in total. The van der Waals surface area contributed by atoms with E-state index in [2.05, 4.69) is 20.3 Å². The summed E-state index contributed by atoms with van der Waals surface area (Å²) in [6, 6.07) is 15.4. The molecule has 4 rings (SSSR count). The van der Waals surface area contributed by atoms with Gasteiger partial charge in [0.25, 0.3) is 0 Å². The predicted molar refractivity (Wildman–Crippen MR) is 115 cm³/mol. The van der Waals surface area contributed by atoms with E-state index in [1.165, 1.54) is 18.1 Å². The first-order valence-electron chi connectivity index (χ1n) is 8.80. The van der Waals surface area contributed by atoms with Crippen LogP contribution in [0, 0.1) is 0 Å². The Morgan fingerprint density at radius 2 is 1.83 bits per heavy atom. The van der Waals surface area contributed by atoms with Crippen molar-refractivity contribution in [3.63, 3.8) is 0 Å². The lowest BCUT2D eigenvalue weighted by atomic mass is 10.2. The molecular formula is C21H19N5O2S. The maximum Gasteiger partial charge on any atom is 0.158 e. The Morgan fingerprint density at radius 3 is 2.66 bits per heavy atom. The third kappa shape index (κ3) is 3.88. The summed E-state index contributed by atoms with van der Waals surface area (Å²) >= 11 is 1.45. The second kappa shape index (κ2) is 8.24. The predicted octanol–water partition coefficient (Wildman–Crippen LogP) is 4.52. The Balaban J connectivity index is 1.66. The number of rotatable bonds is 6. The Morgan fingerprint density at radius 1 is 0.966 bits per heavy atom. The quantitative estimate of drug-likeness (QED) is 0.452. The van der Waals surface area contributed by atoms with E-state index in [1.54, 1.807) is 26.5 Å². The first-order valence-corrected chi connectivity index (χ1v) is 9.62. The smallest absolute Gasteiger partial charge is 0.158 e. The number of nitrogens with one attached hydrogen (secondary N) is 1. The Kier molecular flexibility index (Phi) is 5.35. The van der Waals surface area contributed by atoms with Crippen LogP contribution in [-0.4, -0.2) is 29.2 Å². The van der Waals surface area contributed by atoms with Gasteiger partial charge in [0.2, 0.25) is 0 Å². The number of ether oxygens (including phenoxy) is 2. The first-order chi connectivity index (χ1) is 14.2. The molecule has 3 N–H and O–H groups in total. The highest BCUT2D eigenvalue weighted by Gasteiger charge is 2.14. The highest BCUT2D eigenvalue weighted by Crippen LogP contribution is 2.38. The van der Waals surface area contributed by atoms with Crippen LogP contribution in [0.3, 0.4) is 0 Å². The maximum atomic E-state index is 6.38.